The third-order valence-electron chi connectivity index (χ3n) is 6.72. The summed E-state index contributed by atoms with van der Waals surface area (Å²) in [7, 11) is 0. The maximum absolute atomic E-state index is 13.1. The molecule has 2 aromatic carbocycles. The molecule has 0 radical (unpaired) electrons. The van der Waals surface area contributed by atoms with Crippen molar-refractivity contribution in [2.45, 2.75) is 18.9 Å². The number of nitrogens with zero attached hydrogens (tertiary/aromatic N) is 3. The minimum Gasteiger partial charge on any atom is -0.382 e. The minimum absolute atomic E-state index is 0.0428. The van der Waals surface area contributed by atoms with Crippen LogP contribution in [0, 0.1) is 20.2 Å². The zero-order chi connectivity index (χ0) is 31.6. The summed E-state index contributed by atoms with van der Waals surface area (Å²) in [5.41, 5.74) is 0.176. The van der Waals surface area contributed by atoms with E-state index >= 15 is 0 Å². The number of carbonyl (C=O) groups is 4. The Balaban J connectivity index is 1.08. The maximum Gasteiger partial charge on any atom is 0.299 e. The number of imide groups is 2. The summed E-state index contributed by atoms with van der Waals surface area (Å²) in [6.45, 7) is 2.23. The molecule has 2 aliphatic heterocycles. The highest BCUT2D eigenvalue weighted by atomic mass is 16.6. The Morgan fingerprint density at radius 2 is 1.45 bits per heavy atom. The molecular weight excluding hydrogens is 584 g/mol. The molecule has 4 amide bonds. The molecule has 44 heavy (non-hydrogen) atoms. The summed E-state index contributed by atoms with van der Waals surface area (Å²) < 4.78 is 16.4. The average Bonchev–Trinajstić information content (AvgIpc) is 3.25. The van der Waals surface area contributed by atoms with Crippen LogP contribution >= 0.6 is 0 Å². The van der Waals surface area contributed by atoms with Crippen LogP contribution in [-0.4, -0.2) is 97.1 Å². The fourth-order valence-corrected chi connectivity index (χ4v) is 4.65. The Bertz CT molecular complexity index is 1450. The van der Waals surface area contributed by atoms with E-state index in [0.717, 1.165) is 11.0 Å². The number of hydrogen-bond acceptors (Lipinski definition) is 13. The quantitative estimate of drug-likeness (QED) is 0.0995. The lowest BCUT2D eigenvalue weighted by molar-refractivity contribution is -0.393. The molecule has 0 aliphatic carbocycles. The number of carbonyl (C=O) groups excluding carboxylic acids is 4. The van der Waals surface area contributed by atoms with Gasteiger partial charge >= 0.3 is 0 Å². The topological polar surface area (TPSA) is 222 Å². The van der Waals surface area contributed by atoms with Gasteiger partial charge in [0.05, 0.1) is 66.7 Å². The molecule has 1 fully saturated rings. The third-order valence-corrected chi connectivity index (χ3v) is 6.72. The van der Waals surface area contributed by atoms with Crippen LogP contribution in [0.3, 0.4) is 0 Å². The van der Waals surface area contributed by atoms with E-state index in [1.54, 1.807) is 12.1 Å². The van der Waals surface area contributed by atoms with Gasteiger partial charge in [0.2, 0.25) is 11.8 Å². The number of fused-ring (bicyclic) bond motifs is 1. The van der Waals surface area contributed by atoms with Gasteiger partial charge in [-0.2, -0.15) is 0 Å². The van der Waals surface area contributed by atoms with Gasteiger partial charge in [-0.3, -0.25) is 49.6 Å². The highest BCUT2D eigenvalue weighted by molar-refractivity contribution is 6.25. The normalized spacial score (nSPS) is 16.1. The van der Waals surface area contributed by atoms with E-state index in [9.17, 15) is 39.4 Å². The van der Waals surface area contributed by atoms with E-state index in [0.29, 0.717) is 25.4 Å². The molecule has 17 nitrogen and oxygen atoms in total. The largest absolute Gasteiger partial charge is 0.382 e. The van der Waals surface area contributed by atoms with E-state index in [-0.39, 0.29) is 68.3 Å². The van der Waals surface area contributed by atoms with Gasteiger partial charge in [-0.1, -0.05) is 6.07 Å². The van der Waals surface area contributed by atoms with E-state index in [1.165, 1.54) is 18.2 Å². The molecule has 4 rings (SSSR count). The highest BCUT2D eigenvalue weighted by Crippen LogP contribution is 2.32. The van der Waals surface area contributed by atoms with Crippen molar-refractivity contribution in [3.8, 4) is 0 Å². The third kappa shape index (κ3) is 7.68. The van der Waals surface area contributed by atoms with Gasteiger partial charge in [0.1, 0.15) is 11.7 Å². The second kappa shape index (κ2) is 14.9. The molecule has 2 aliphatic rings. The number of anilines is 2. The molecule has 1 saturated heterocycles. The molecular formula is C27H30N6O11. The van der Waals surface area contributed by atoms with Gasteiger partial charge in [-0.15, -0.1) is 0 Å². The van der Waals surface area contributed by atoms with Gasteiger partial charge in [0.25, 0.3) is 23.2 Å². The van der Waals surface area contributed by atoms with E-state index in [1.807, 2.05) is 0 Å². The van der Waals surface area contributed by atoms with Crippen LogP contribution in [0.2, 0.25) is 0 Å². The number of nitro benzene ring substituents is 2. The Labute approximate surface area is 250 Å². The smallest absolute Gasteiger partial charge is 0.299 e. The fraction of sp³-hybridized carbons (Fsp3) is 0.407. The minimum atomic E-state index is -1.04. The first-order valence-electron chi connectivity index (χ1n) is 13.7. The van der Waals surface area contributed by atoms with Crippen LogP contribution in [0.15, 0.2) is 36.4 Å². The van der Waals surface area contributed by atoms with Gasteiger partial charge < -0.3 is 24.8 Å². The Hall–Kier alpha value is -5.00. The van der Waals surface area contributed by atoms with Crippen molar-refractivity contribution in [3.63, 3.8) is 0 Å². The van der Waals surface area contributed by atoms with Gasteiger partial charge in [-0.05, 0) is 24.6 Å². The van der Waals surface area contributed by atoms with Crippen molar-refractivity contribution < 1.29 is 43.2 Å². The number of amides is 4. The van der Waals surface area contributed by atoms with Crippen molar-refractivity contribution in [2.24, 2.45) is 0 Å². The van der Waals surface area contributed by atoms with Gasteiger partial charge in [0, 0.05) is 31.3 Å². The van der Waals surface area contributed by atoms with Crippen molar-refractivity contribution in [1.82, 2.24) is 10.2 Å². The SMILES string of the molecule is O=C1CCC(N2C(=O)c3cccc(NCCOCCOCCOCCNc4ccc([N+](=O)[O-])cc4[N+](=O)[O-])c3C2=O)C(=O)N1. The summed E-state index contributed by atoms with van der Waals surface area (Å²) in [5, 5.41) is 30.0. The van der Waals surface area contributed by atoms with Crippen LogP contribution in [0.5, 0.6) is 0 Å². The number of hydrogen-bond donors (Lipinski definition) is 3. The first-order valence-corrected chi connectivity index (χ1v) is 13.7. The molecule has 1 unspecified atom stereocenters. The average molecular weight is 615 g/mol. The molecule has 2 heterocycles. The Kier molecular flexibility index (Phi) is 10.8. The number of nitrogens with one attached hydrogen (secondary N) is 3. The summed E-state index contributed by atoms with van der Waals surface area (Å²) in [6.07, 6.45) is 0.121. The molecule has 0 saturated carbocycles. The van der Waals surface area contributed by atoms with Crippen LogP contribution in [0.25, 0.3) is 0 Å². The molecule has 1 atom stereocenters. The standard InChI is InChI=1S/C27H30N6O11/c34-23-7-6-21(25(35)30-23)31-26(36)18-2-1-3-20(24(18)27(31)37)29-9-11-43-13-15-44-14-12-42-10-8-28-19-5-4-17(32(38)39)16-22(19)33(40)41/h1-5,16,21,28-29H,6-15H2,(H,30,34,35). The Morgan fingerprint density at radius 1 is 0.818 bits per heavy atom. The molecule has 234 valence electrons. The lowest BCUT2D eigenvalue weighted by atomic mass is 10.0. The molecule has 0 spiro atoms. The number of benzene rings is 2. The summed E-state index contributed by atoms with van der Waals surface area (Å²) in [6, 6.07) is 7.12. The van der Waals surface area contributed by atoms with Crippen LogP contribution in [-0.2, 0) is 23.8 Å². The van der Waals surface area contributed by atoms with Crippen LogP contribution in [0.4, 0.5) is 22.7 Å². The van der Waals surface area contributed by atoms with E-state index in [4.69, 9.17) is 14.2 Å². The van der Waals surface area contributed by atoms with E-state index in [2.05, 4.69) is 16.0 Å². The molecule has 3 N–H and O–H groups in total. The summed E-state index contributed by atoms with van der Waals surface area (Å²) in [4.78, 5) is 71.2. The first kappa shape index (κ1) is 31.9. The van der Waals surface area contributed by atoms with Crippen LogP contribution < -0.4 is 16.0 Å². The number of non-ortho nitro benzene ring substituents is 1. The van der Waals surface area contributed by atoms with Crippen molar-refractivity contribution in [1.29, 1.82) is 0 Å². The predicted octanol–water partition coefficient (Wildman–Crippen LogP) is 1.48. The summed E-state index contributed by atoms with van der Waals surface area (Å²) >= 11 is 0. The van der Waals surface area contributed by atoms with Crippen molar-refractivity contribution in [2.75, 3.05) is 63.4 Å². The number of rotatable bonds is 17. The number of nitro groups is 2. The predicted molar refractivity (Wildman–Crippen MR) is 152 cm³/mol. The zero-order valence-electron chi connectivity index (χ0n) is 23.4. The number of piperidine rings is 1. The Morgan fingerprint density at radius 3 is 2.07 bits per heavy atom. The lowest BCUT2D eigenvalue weighted by Gasteiger charge is -2.27. The first-order chi connectivity index (χ1) is 21.2. The van der Waals surface area contributed by atoms with Crippen LogP contribution in [0.1, 0.15) is 33.6 Å². The van der Waals surface area contributed by atoms with Crippen molar-refractivity contribution in [3.05, 3.63) is 67.8 Å². The van der Waals surface area contributed by atoms with Crippen molar-refractivity contribution >= 4 is 46.4 Å². The summed E-state index contributed by atoms with van der Waals surface area (Å²) in [5.74, 6) is -2.28. The van der Waals surface area contributed by atoms with E-state index < -0.39 is 45.2 Å². The molecule has 2 aromatic rings. The van der Waals surface area contributed by atoms with Gasteiger partial charge in [0.15, 0.2) is 0 Å². The lowest BCUT2D eigenvalue weighted by Crippen LogP contribution is -2.54. The highest BCUT2D eigenvalue weighted by Gasteiger charge is 2.45. The maximum atomic E-state index is 13.1. The molecule has 0 aromatic heterocycles. The second-order valence-corrected chi connectivity index (χ2v) is 9.58. The molecule has 0 bridgehead atoms. The van der Waals surface area contributed by atoms with Gasteiger partial charge in [-0.25, -0.2) is 0 Å². The monoisotopic (exact) mass is 614 g/mol. The zero-order valence-corrected chi connectivity index (χ0v) is 23.4. The fourth-order valence-electron chi connectivity index (χ4n) is 4.65. The molecule has 17 heteroatoms. The number of ether oxygens (including phenoxy) is 3. The second-order valence-electron chi connectivity index (χ2n) is 9.58.